The Morgan fingerprint density at radius 3 is 2.53 bits per heavy atom. The lowest BCUT2D eigenvalue weighted by atomic mass is 10.2. The van der Waals surface area contributed by atoms with Crippen molar-refractivity contribution in [3.63, 3.8) is 0 Å². The van der Waals surface area contributed by atoms with Crippen LogP contribution in [0.1, 0.15) is 32.6 Å². The third kappa shape index (κ3) is 5.38. The van der Waals surface area contributed by atoms with Crippen molar-refractivity contribution in [3.05, 3.63) is 83.0 Å². The number of carbonyl (C=O) groups is 2. The number of nitrogens with zero attached hydrogens (tertiary/aromatic N) is 2. The van der Waals surface area contributed by atoms with E-state index in [1.807, 2.05) is 31.2 Å². The fraction of sp³-hybridized carbons (Fsp3) is 0.120. The maximum Gasteiger partial charge on any atom is 0.267 e. The number of aromatic nitrogens is 2. The number of ether oxygens (including phenoxy) is 2. The van der Waals surface area contributed by atoms with Gasteiger partial charge >= 0.3 is 0 Å². The fourth-order valence-corrected chi connectivity index (χ4v) is 4.09. The molecule has 172 valence electrons. The summed E-state index contributed by atoms with van der Waals surface area (Å²) < 4.78 is 11.1. The molecule has 2 aromatic heterocycles. The molecule has 8 nitrogen and oxygen atoms in total. The Labute approximate surface area is 200 Å². The van der Waals surface area contributed by atoms with Gasteiger partial charge in [0.15, 0.2) is 0 Å². The zero-order chi connectivity index (χ0) is 24.1. The van der Waals surface area contributed by atoms with E-state index in [0.29, 0.717) is 40.1 Å². The Hall–Kier alpha value is -4.24. The van der Waals surface area contributed by atoms with E-state index in [1.54, 1.807) is 37.3 Å². The van der Waals surface area contributed by atoms with Crippen LogP contribution in [0.4, 0.5) is 5.69 Å². The topological polar surface area (TPSA) is 116 Å². The highest BCUT2D eigenvalue weighted by molar-refractivity contribution is 7.17. The first kappa shape index (κ1) is 22.9. The van der Waals surface area contributed by atoms with Crippen LogP contribution >= 0.6 is 11.3 Å². The lowest BCUT2D eigenvalue weighted by molar-refractivity contribution is 0.0997. The predicted molar refractivity (Wildman–Crippen MR) is 131 cm³/mol. The molecule has 4 aromatic rings. The van der Waals surface area contributed by atoms with E-state index < -0.39 is 5.91 Å². The highest BCUT2D eigenvalue weighted by atomic mass is 32.1. The first-order valence-corrected chi connectivity index (χ1v) is 11.3. The molecule has 34 heavy (non-hydrogen) atoms. The molecule has 0 radical (unpaired) electrons. The van der Waals surface area contributed by atoms with Gasteiger partial charge in [0, 0.05) is 17.2 Å². The van der Waals surface area contributed by atoms with Crippen molar-refractivity contribution in [1.29, 1.82) is 0 Å². The van der Waals surface area contributed by atoms with E-state index in [4.69, 9.17) is 15.2 Å². The van der Waals surface area contributed by atoms with Crippen LogP contribution in [-0.4, -0.2) is 28.4 Å². The summed E-state index contributed by atoms with van der Waals surface area (Å²) in [6.45, 7) is 4.34. The molecule has 0 aliphatic rings. The van der Waals surface area contributed by atoms with Crippen molar-refractivity contribution in [1.82, 2.24) is 9.97 Å². The highest BCUT2D eigenvalue weighted by Crippen LogP contribution is 2.30. The van der Waals surface area contributed by atoms with Crippen LogP contribution in [0.3, 0.4) is 0 Å². The van der Waals surface area contributed by atoms with Gasteiger partial charge in [-0.05, 0) is 62.4 Å². The lowest BCUT2D eigenvalue weighted by Crippen LogP contribution is -2.11. The van der Waals surface area contributed by atoms with Crippen molar-refractivity contribution in [2.75, 3.05) is 11.9 Å². The largest absolute Gasteiger partial charge is 0.494 e. The Bertz CT molecular complexity index is 1320. The number of primary amides is 1. The van der Waals surface area contributed by atoms with Crippen LogP contribution in [-0.2, 0) is 0 Å². The zero-order valence-electron chi connectivity index (χ0n) is 18.6. The highest BCUT2D eigenvalue weighted by Gasteiger charge is 2.17. The molecule has 0 saturated heterocycles. The van der Waals surface area contributed by atoms with Crippen molar-refractivity contribution < 1.29 is 19.1 Å². The number of nitrogens with two attached hydrogens (primary N) is 1. The number of hydrogen-bond acceptors (Lipinski definition) is 7. The number of nitrogens with one attached hydrogen (secondary N) is 1. The first-order valence-electron chi connectivity index (χ1n) is 10.5. The number of pyridine rings is 1. The molecule has 0 atom stereocenters. The monoisotopic (exact) mass is 474 g/mol. The Morgan fingerprint density at radius 1 is 1.06 bits per heavy atom. The molecule has 2 aromatic carbocycles. The van der Waals surface area contributed by atoms with Crippen LogP contribution in [0, 0.1) is 6.92 Å². The predicted octanol–water partition coefficient (Wildman–Crippen LogP) is 5.06. The summed E-state index contributed by atoms with van der Waals surface area (Å²) in [6, 6.07) is 17.4. The minimum atomic E-state index is -0.541. The van der Waals surface area contributed by atoms with Crippen molar-refractivity contribution in [3.8, 4) is 28.0 Å². The van der Waals surface area contributed by atoms with Gasteiger partial charge in [-0.15, -0.1) is 11.3 Å². The fourth-order valence-electron chi connectivity index (χ4n) is 3.13. The summed E-state index contributed by atoms with van der Waals surface area (Å²) in [4.78, 5) is 33.4. The second-order valence-electron chi connectivity index (χ2n) is 7.22. The molecule has 2 heterocycles. The minimum absolute atomic E-state index is 0.267. The van der Waals surface area contributed by atoms with Crippen molar-refractivity contribution in [2.45, 2.75) is 13.8 Å². The van der Waals surface area contributed by atoms with E-state index >= 15 is 0 Å². The summed E-state index contributed by atoms with van der Waals surface area (Å²) >= 11 is 1.32. The van der Waals surface area contributed by atoms with E-state index in [9.17, 15) is 9.59 Å². The quantitative estimate of drug-likeness (QED) is 0.369. The number of hydrogen-bond donors (Lipinski definition) is 2. The standard InChI is InChI=1S/C25H22N4O4S/c1-3-32-19-10-7-16(8-11-19)25-28-15(2)22(34-25)24(31)29-18-9-12-21(27-14-18)33-20-6-4-5-17(13-20)23(26)30/h4-14H,3H2,1-2H3,(H2,26,30)(H,29,31). The van der Waals surface area contributed by atoms with Crippen LogP contribution in [0.2, 0.25) is 0 Å². The number of carbonyl (C=O) groups excluding carboxylic acids is 2. The Morgan fingerprint density at radius 2 is 1.85 bits per heavy atom. The van der Waals surface area contributed by atoms with Crippen molar-refractivity contribution in [2.24, 2.45) is 5.73 Å². The third-order valence-electron chi connectivity index (χ3n) is 4.75. The maximum atomic E-state index is 12.8. The molecule has 0 spiro atoms. The summed E-state index contributed by atoms with van der Waals surface area (Å²) in [5.74, 6) is 0.726. The molecule has 0 bridgehead atoms. The average Bonchev–Trinajstić information content (AvgIpc) is 3.23. The first-order chi connectivity index (χ1) is 16.4. The van der Waals surface area contributed by atoms with Crippen LogP contribution in [0.25, 0.3) is 10.6 Å². The zero-order valence-corrected chi connectivity index (χ0v) is 19.4. The SMILES string of the molecule is CCOc1ccc(-c2nc(C)c(C(=O)Nc3ccc(Oc4cccc(C(N)=O)c4)nc3)s2)cc1. The number of rotatable bonds is 8. The molecule has 2 amide bonds. The average molecular weight is 475 g/mol. The van der Waals surface area contributed by atoms with Crippen LogP contribution < -0.4 is 20.5 Å². The normalized spacial score (nSPS) is 10.5. The minimum Gasteiger partial charge on any atom is -0.494 e. The number of amides is 2. The number of thiazole rings is 1. The molecule has 0 saturated carbocycles. The Kier molecular flexibility index (Phi) is 6.84. The number of benzene rings is 2. The molecular formula is C25H22N4O4S. The lowest BCUT2D eigenvalue weighted by Gasteiger charge is -2.07. The summed E-state index contributed by atoms with van der Waals surface area (Å²) in [6.07, 6.45) is 1.49. The summed E-state index contributed by atoms with van der Waals surface area (Å²) in [5.41, 5.74) is 7.71. The molecule has 4 rings (SSSR count). The van der Waals surface area contributed by atoms with E-state index in [1.165, 1.54) is 23.6 Å². The van der Waals surface area contributed by atoms with Gasteiger partial charge in [-0.1, -0.05) is 6.07 Å². The molecule has 0 aliphatic heterocycles. The van der Waals surface area contributed by atoms with Gasteiger partial charge in [0.2, 0.25) is 11.8 Å². The van der Waals surface area contributed by atoms with E-state index in [2.05, 4.69) is 15.3 Å². The molecule has 9 heteroatoms. The Balaban J connectivity index is 1.43. The maximum absolute atomic E-state index is 12.8. The van der Waals surface area contributed by atoms with Crippen molar-refractivity contribution >= 4 is 28.8 Å². The smallest absolute Gasteiger partial charge is 0.267 e. The second kappa shape index (κ2) is 10.1. The van der Waals surface area contributed by atoms with Gasteiger partial charge in [-0.3, -0.25) is 9.59 Å². The molecule has 3 N–H and O–H groups in total. The van der Waals surface area contributed by atoms with Gasteiger partial charge < -0.3 is 20.5 Å². The van der Waals surface area contributed by atoms with Gasteiger partial charge in [0.25, 0.3) is 5.91 Å². The second-order valence-corrected chi connectivity index (χ2v) is 8.22. The number of anilines is 1. The molecular weight excluding hydrogens is 452 g/mol. The number of aryl methyl sites for hydroxylation is 1. The van der Waals surface area contributed by atoms with Gasteiger partial charge in [-0.25, -0.2) is 9.97 Å². The van der Waals surface area contributed by atoms with E-state index in [-0.39, 0.29) is 5.91 Å². The third-order valence-corrected chi connectivity index (χ3v) is 5.96. The van der Waals surface area contributed by atoms with E-state index in [0.717, 1.165) is 16.3 Å². The molecule has 0 fully saturated rings. The van der Waals surface area contributed by atoms with Crippen LogP contribution in [0.15, 0.2) is 66.9 Å². The van der Waals surface area contributed by atoms with Gasteiger partial charge in [-0.2, -0.15) is 0 Å². The molecule has 0 unspecified atom stereocenters. The van der Waals surface area contributed by atoms with Gasteiger partial charge in [0.1, 0.15) is 21.4 Å². The summed E-state index contributed by atoms with van der Waals surface area (Å²) in [5, 5.41) is 3.59. The molecule has 0 aliphatic carbocycles. The van der Waals surface area contributed by atoms with Gasteiger partial charge in [0.05, 0.1) is 24.2 Å². The summed E-state index contributed by atoms with van der Waals surface area (Å²) in [7, 11) is 0. The van der Waals surface area contributed by atoms with Crippen LogP contribution in [0.5, 0.6) is 17.4 Å².